The lowest BCUT2D eigenvalue weighted by Gasteiger charge is -2.20. The molecule has 0 aromatic carbocycles. The van der Waals surface area contributed by atoms with E-state index in [0.29, 0.717) is 6.04 Å². The standard InChI is InChI=1S/C13H25ClN2/c14-11-12-5-3-6-13(12)15-7-4-10-16-8-1-2-9-16/h12-13,15H,1-11H2. The van der Waals surface area contributed by atoms with E-state index in [9.17, 15) is 0 Å². The monoisotopic (exact) mass is 244 g/mol. The molecule has 94 valence electrons. The van der Waals surface area contributed by atoms with Crippen LogP contribution < -0.4 is 5.32 Å². The van der Waals surface area contributed by atoms with Gasteiger partial charge in [0.2, 0.25) is 0 Å². The van der Waals surface area contributed by atoms with E-state index in [4.69, 9.17) is 11.6 Å². The van der Waals surface area contributed by atoms with Gasteiger partial charge >= 0.3 is 0 Å². The zero-order valence-corrected chi connectivity index (χ0v) is 11.0. The van der Waals surface area contributed by atoms with E-state index >= 15 is 0 Å². The third-order valence-electron chi connectivity index (χ3n) is 4.11. The summed E-state index contributed by atoms with van der Waals surface area (Å²) in [5.41, 5.74) is 0. The number of likely N-dealkylation sites (tertiary alicyclic amines) is 1. The van der Waals surface area contributed by atoms with Crippen molar-refractivity contribution in [2.24, 2.45) is 5.92 Å². The van der Waals surface area contributed by atoms with Gasteiger partial charge in [0.25, 0.3) is 0 Å². The van der Waals surface area contributed by atoms with Crippen LogP contribution in [0.5, 0.6) is 0 Å². The minimum absolute atomic E-state index is 0.705. The Balaban J connectivity index is 1.53. The molecule has 2 atom stereocenters. The summed E-state index contributed by atoms with van der Waals surface area (Å²) in [5, 5.41) is 3.70. The topological polar surface area (TPSA) is 15.3 Å². The highest BCUT2D eigenvalue weighted by molar-refractivity contribution is 6.18. The van der Waals surface area contributed by atoms with Gasteiger partial charge in [-0.2, -0.15) is 0 Å². The SMILES string of the molecule is ClCC1CCCC1NCCCN1CCCC1. The van der Waals surface area contributed by atoms with Crippen molar-refractivity contribution in [1.82, 2.24) is 10.2 Å². The van der Waals surface area contributed by atoms with Crippen molar-refractivity contribution in [3.63, 3.8) is 0 Å². The van der Waals surface area contributed by atoms with Crippen LogP contribution in [0.4, 0.5) is 0 Å². The molecular weight excluding hydrogens is 220 g/mol. The lowest BCUT2D eigenvalue weighted by molar-refractivity contribution is 0.323. The zero-order chi connectivity index (χ0) is 11.2. The number of halogens is 1. The number of nitrogens with one attached hydrogen (secondary N) is 1. The van der Waals surface area contributed by atoms with Gasteiger partial charge < -0.3 is 10.2 Å². The molecule has 1 heterocycles. The van der Waals surface area contributed by atoms with Crippen LogP contribution in [0.25, 0.3) is 0 Å². The Bertz CT molecular complexity index is 192. The second-order valence-electron chi connectivity index (χ2n) is 5.31. The number of nitrogens with zero attached hydrogens (tertiary/aromatic N) is 1. The quantitative estimate of drug-likeness (QED) is 0.571. The van der Waals surface area contributed by atoms with Gasteiger partial charge in [-0.1, -0.05) is 6.42 Å². The minimum Gasteiger partial charge on any atom is -0.314 e. The molecule has 0 bridgehead atoms. The summed E-state index contributed by atoms with van der Waals surface area (Å²) < 4.78 is 0. The van der Waals surface area contributed by atoms with E-state index in [0.717, 1.165) is 11.8 Å². The van der Waals surface area contributed by atoms with Crippen LogP contribution in [-0.4, -0.2) is 43.0 Å². The van der Waals surface area contributed by atoms with E-state index < -0.39 is 0 Å². The first-order chi connectivity index (χ1) is 7.90. The van der Waals surface area contributed by atoms with Crippen molar-refractivity contribution >= 4 is 11.6 Å². The van der Waals surface area contributed by atoms with Gasteiger partial charge in [0, 0.05) is 11.9 Å². The second-order valence-corrected chi connectivity index (χ2v) is 5.62. The molecule has 3 heteroatoms. The van der Waals surface area contributed by atoms with Gasteiger partial charge in [0.05, 0.1) is 0 Å². The van der Waals surface area contributed by atoms with Gasteiger partial charge in [-0.15, -0.1) is 11.6 Å². The molecular formula is C13H25ClN2. The molecule has 2 unspecified atom stereocenters. The summed E-state index contributed by atoms with van der Waals surface area (Å²) >= 11 is 5.97. The number of hydrogen-bond acceptors (Lipinski definition) is 2. The van der Waals surface area contributed by atoms with E-state index in [2.05, 4.69) is 10.2 Å². The van der Waals surface area contributed by atoms with Gasteiger partial charge in [-0.05, 0) is 64.2 Å². The Morgan fingerprint density at radius 1 is 1.12 bits per heavy atom. The molecule has 2 rings (SSSR count). The minimum atomic E-state index is 0.705. The van der Waals surface area contributed by atoms with E-state index in [1.54, 1.807) is 0 Å². The second kappa shape index (κ2) is 6.83. The molecule has 1 aliphatic carbocycles. The van der Waals surface area contributed by atoms with Gasteiger partial charge in [0.15, 0.2) is 0 Å². The fourth-order valence-corrected chi connectivity index (χ4v) is 3.46. The molecule has 1 saturated carbocycles. The van der Waals surface area contributed by atoms with Crippen molar-refractivity contribution in [1.29, 1.82) is 0 Å². The average molecular weight is 245 g/mol. The highest BCUT2D eigenvalue weighted by atomic mass is 35.5. The molecule has 0 amide bonds. The average Bonchev–Trinajstić information content (AvgIpc) is 2.95. The molecule has 0 radical (unpaired) electrons. The Hall–Kier alpha value is 0.210. The molecule has 0 spiro atoms. The van der Waals surface area contributed by atoms with E-state index in [1.807, 2.05) is 0 Å². The van der Waals surface area contributed by atoms with Gasteiger partial charge in [-0.3, -0.25) is 0 Å². The van der Waals surface area contributed by atoms with E-state index in [-0.39, 0.29) is 0 Å². The first-order valence-electron chi connectivity index (χ1n) is 6.92. The van der Waals surface area contributed by atoms with Crippen LogP contribution >= 0.6 is 11.6 Å². The maximum atomic E-state index is 5.97. The summed E-state index contributed by atoms with van der Waals surface area (Å²) in [7, 11) is 0. The first-order valence-corrected chi connectivity index (χ1v) is 7.45. The highest BCUT2D eigenvalue weighted by Crippen LogP contribution is 2.26. The predicted octanol–water partition coefficient (Wildman–Crippen LogP) is 2.47. The molecule has 16 heavy (non-hydrogen) atoms. The molecule has 1 N–H and O–H groups in total. The fraction of sp³-hybridized carbons (Fsp3) is 1.00. The summed E-state index contributed by atoms with van der Waals surface area (Å²) in [4.78, 5) is 2.59. The third kappa shape index (κ3) is 3.61. The molecule has 1 saturated heterocycles. The smallest absolute Gasteiger partial charge is 0.0266 e. The molecule has 1 aliphatic heterocycles. The Labute approximate surface area is 105 Å². The molecule has 2 fully saturated rings. The van der Waals surface area contributed by atoms with Crippen LogP contribution in [0.3, 0.4) is 0 Å². The third-order valence-corrected chi connectivity index (χ3v) is 4.51. The van der Waals surface area contributed by atoms with Crippen LogP contribution in [-0.2, 0) is 0 Å². The van der Waals surface area contributed by atoms with Crippen molar-refractivity contribution in [2.75, 3.05) is 32.1 Å². The van der Waals surface area contributed by atoms with Crippen LogP contribution in [0.1, 0.15) is 38.5 Å². The van der Waals surface area contributed by atoms with E-state index in [1.165, 1.54) is 64.7 Å². The summed E-state index contributed by atoms with van der Waals surface area (Å²) in [5.74, 6) is 1.57. The maximum Gasteiger partial charge on any atom is 0.0266 e. The van der Waals surface area contributed by atoms with Crippen molar-refractivity contribution < 1.29 is 0 Å². The lowest BCUT2D eigenvalue weighted by atomic mass is 10.1. The van der Waals surface area contributed by atoms with Crippen molar-refractivity contribution in [2.45, 2.75) is 44.6 Å². The molecule has 2 aliphatic rings. The van der Waals surface area contributed by atoms with Crippen molar-refractivity contribution in [3.8, 4) is 0 Å². The fourth-order valence-electron chi connectivity index (χ4n) is 3.09. The lowest BCUT2D eigenvalue weighted by Crippen LogP contribution is -2.35. The Morgan fingerprint density at radius 3 is 2.69 bits per heavy atom. The van der Waals surface area contributed by atoms with Gasteiger partial charge in [-0.25, -0.2) is 0 Å². The Morgan fingerprint density at radius 2 is 1.94 bits per heavy atom. The van der Waals surface area contributed by atoms with Crippen LogP contribution in [0.15, 0.2) is 0 Å². The number of alkyl halides is 1. The number of rotatable bonds is 6. The molecule has 2 nitrogen and oxygen atoms in total. The highest BCUT2D eigenvalue weighted by Gasteiger charge is 2.25. The largest absolute Gasteiger partial charge is 0.314 e. The summed E-state index contributed by atoms with van der Waals surface area (Å²) in [6.07, 6.45) is 8.13. The molecule has 0 aromatic rings. The van der Waals surface area contributed by atoms with Gasteiger partial charge in [0.1, 0.15) is 0 Å². The maximum absolute atomic E-state index is 5.97. The summed E-state index contributed by atoms with van der Waals surface area (Å²) in [6, 6.07) is 0.705. The zero-order valence-electron chi connectivity index (χ0n) is 10.3. The van der Waals surface area contributed by atoms with Crippen LogP contribution in [0, 0.1) is 5.92 Å². The number of hydrogen-bond donors (Lipinski definition) is 1. The van der Waals surface area contributed by atoms with Crippen molar-refractivity contribution in [3.05, 3.63) is 0 Å². The van der Waals surface area contributed by atoms with Crippen LogP contribution in [0.2, 0.25) is 0 Å². The normalized spacial score (nSPS) is 31.3. The predicted molar refractivity (Wildman–Crippen MR) is 70.1 cm³/mol. The first kappa shape index (κ1) is 12.7. The Kier molecular flexibility index (Phi) is 5.40. The summed E-state index contributed by atoms with van der Waals surface area (Å²) in [6.45, 7) is 5.11. The molecule has 0 aromatic heterocycles.